The number of amidine groups is 1. The number of phenols is 1. The number of fused-ring (bicyclic) bond motifs is 4. The zero-order valence-corrected chi connectivity index (χ0v) is 22.7. The zero-order valence-electron chi connectivity index (χ0n) is 21.9. The van der Waals surface area contributed by atoms with Crippen molar-refractivity contribution in [2.45, 2.75) is 40.0 Å². The van der Waals surface area contributed by atoms with Crippen LogP contribution >= 0.6 is 11.6 Å². The van der Waals surface area contributed by atoms with E-state index < -0.39 is 0 Å². The molecule has 2 amide bonds. The molecular formula is C30H34ClN5O2. The Morgan fingerprint density at radius 2 is 1.74 bits per heavy atom. The van der Waals surface area contributed by atoms with Crippen molar-refractivity contribution in [2.24, 2.45) is 4.99 Å². The van der Waals surface area contributed by atoms with Crippen LogP contribution in [0.3, 0.4) is 0 Å². The van der Waals surface area contributed by atoms with E-state index in [0.29, 0.717) is 34.5 Å². The quantitative estimate of drug-likeness (QED) is 0.220. The summed E-state index contributed by atoms with van der Waals surface area (Å²) in [4.78, 5) is 17.2. The van der Waals surface area contributed by atoms with Crippen LogP contribution in [0.4, 0.5) is 27.5 Å². The largest absolute Gasteiger partial charge is 0.508 e. The number of benzene rings is 3. The molecule has 0 spiro atoms. The van der Waals surface area contributed by atoms with Gasteiger partial charge in [0.15, 0.2) is 5.84 Å². The number of phenolic OH excluding ortho intramolecular Hbond substituents is 1. The number of anilines is 4. The first-order chi connectivity index (χ1) is 18.3. The summed E-state index contributed by atoms with van der Waals surface area (Å²) in [5.41, 5.74) is 5.01. The minimum absolute atomic E-state index is 0.133. The highest BCUT2D eigenvalue weighted by Crippen LogP contribution is 2.26. The van der Waals surface area contributed by atoms with Crippen LogP contribution in [0.15, 0.2) is 95.2 Å². The summed E-state index contributed by atoms with van der Waals surface area (Å²) >= 11 is 6.42. The van der Waals surface area contributed by atoms with E-state index in [1.165, 1.54) is 18.6 Å². The number of aryl methyl sites for hydroxylation is 2. The molecule has 1 heterocycles. The Morgan fingerprint density at radius 3 is 2.45 bits per heavy atom. The molecule has 0 radical (unpaired) electrons. The fourth-order valence-corrected chi connectivity index (χ4v) is 3.75. The summed E-state index contributed by atoms with van der Waals surface area (Å²) in [5.74, 6) is 1.04. The van der Waals surface area contributed by atoms with Crippen molar-refractivity contribution in [2.75, 3.05) is 21.3 Å². The van der Waals surface area contributed by atoms with Gasteiger partial charge in [-0.25, -0.2) is 9.79 Å². The van der Waals surface area contributed by atoms with Crippen LogP contribution in [-0.2, 0) is 12.8 Å². The van der Waals surface area contributed by atoms with Crippen molar-refractivity contribution in [1.82, 2.24) is 0 Å². The van der Waals surface area contributed by atoms with Crippen LogP contribution in [-0.4, -0.2) is 17.0 Å². The third-order valence-corrected chi connectivity index (χ3v) is 5.76. The second-order valence-corrected chi connectivity index (χ2v) is 9.11. The number of hydrogen-bond acceptors (Lipinski definition) is 5. The molecule has 3 aromatic rings. The van der Waals surface area contributed by atoms with Gasteiger partial charge in [-0.3, -0.25) is 0 Å². The first-order valence-electron chi connectivity index (χ1n) is 12.5. The predicted octanol–water partition coefficient (Wildman–Crippen LogP) is 8.09. The van der Waals surface area contributed by atoms with E-state index in [1.807, 2.05) is 37.3 Å². The Hall–Kier alpha value is -4.23. The van der Waals surface area contributed by atoms with E-state index >= 15 is 0 Å². The van der Waals surface area contributed by atoms with Gasteiger partial charge >= 0.3 is 6.03 Å². The Kier molecular flexibility index (Phi) is 10.4. The van der Waals surface area contributed by atoms with Gasteiger partial charge < -0.3 is 26.4 Å². The lowest BCUT2D eigenvalue weighted by molar-refractivity contribution is 0.262. The number of nitrogens with one attached hydrogen (secondary N) is 4. The average Bonchev–Trinajstić information content (AvgIpc) is 2.90. The number of allylic oxidation sites excluding steroid dienone is 1. The third kappa shape index (κ3) is 8.42. The van der Waals surface area contributed by atoms with Crippen LogP contribution in [0.25, 0.3) is 0 Å². The maximum atomic E-state index is 12.7. The van der Waals surface area contributed by atoms with Gasteiger partial charge in [-0.15, -0.1) is 0 Å². The second-order valence-electron chi connectivity index (χ2n) is 8.70. The molecule has 0 saturated carbocycles. The lowest BCUT2D eigenvalue weighted by Crippen LogP contribution is -2.20. The molecule has 4 bridgehead atoms. The monoisotopic (exact) mass is 531 g/mol. The summed E-state index contributed by atoms with van der Waals surface area (Å²) in [6, 6.07) is 19.6. The standard InChI is InChI=1S/C27H26ClN5O2.C3H8/c1-3-24(28)26-30-17(2)29-21-6-4-5-18(15-21)7-8-19-16-22(31-26)11-14-25(19)33-27(35)32-20-9-12-23(34)13-10-20;1-3-2/h3-6,9-16,29,34H,2,7-8H2,1H3,(H,30,31)(H2,32,33,35);3H2,1-2H3/b24-3+;. The van der Waals surface area contributed by atoms with Crippen molar-refractivity contribution in [3.8, 4) is 5.75 Å². The maximum Gasteiger partial charge on any atom is 0.323 e. The molecule has 1 aliphatic heterocycles. The van der Waals surface area contributed by atoms with Crippen LogP contribution in [0.1, 0.15) is 38.3 Å². The molecule has 1 aliphatic rings. The fraction of sp³-hybridized carbons (Fsp3) is 0.200. The van der Waals surface area contributed by atoms with Gasteiger partial charge in [0.1, 0.15) is 11.6 Å². The third-order valence-electron chi connectivity index (χ3n) is 5.37. The van der Waals surface area contributed by atoms with Gasteiger partial charge in [0, 0.05) is 22.7 Å². The molecule has 0 atom stereocenters. The van der Waals surface area contributed by atoms with Crippen LogP contribution in [0.2, 0.25) is 0 Å². The van der Waals surface area contributed by atoms with E-state index in [4.69, 9.17) is 11.6 Å². The van der Waals surface area contributed by atoms with Crippen molar-refractivity contribution in [3.63, 3.8) is 0 Å². The van der Waals surface area contributed by atoms with Gasteiger partial charge in [-0.2, -0.15) is 0 Å². The number of amides is 2. The summed E-state index contributed by atoms with van der Waals surface area (Å²) in [6.45, 7) is 10.1. The first-order valence-corrected chi connectivity index (χ1v) is 12.9. The topological polar surface area (TPSA) is 97.8 Å². The summed E-state index contributed by atoms with van der Waals surface area (Å²) in [5, 5.41) is 22.1. The number of halogens is 1. The van der Waals surface area contributed by atoms with Gasteiger partial charge in [0.25, 0.3) is 0 Å². The zero-order chi connectivity index (χ0) is 27.5. The molecule has 0 fully saturated rings. The lowest BCUT2D eigenvalue weighted by Gasteiger charge is -2.15. The Morgan fingerprint density at radius 1 is 1.03 bits per heavy atom. The SMILES string of the molecule is C=C1/N=C(\C(Cl)=C/C)Nc2ccc(NC(=O)Nc3ccc(O)cc3)c(c2)CCc2cccc(c2)N1.CCC. The molecule has 0 aliphatic carbocycles. The van der Waals surface area contributed by atoms with E-state index in [9.17, 15) is 9.90 Å². The van der Waals surface area contributed by atoms with Crippen molar-refractivity contribution >= 4 is 46.2 Å². The number of rotatable bonds is 3. The molecule has 4 rings (SSSR count). The maximum absolute atomic E-state index is 12.7. The summed E-state index contributed by atoms with van der Waals surface area (Å²) in [7, 11) is 0. The van der Waals surface area contributed by atoms with Crippen molar-refractivity contribution in [3.05, 3.63) is 101 Å². The fourth-order valence-electron chi connectivity index (χ4n) is 3.66. The number of carbonyl (C=O) groups is 1. The Labute approximate surface area is 229 Å². The minimum Gasteiger partial charge on any atom is -0.508 e. The van der Waals surface area contributed by atoms with E-state index in [2.05, 4.69) is 58.8 Å². The van der Waals surface area contributed by atoms with E-state index in [-0.39, 0.29) is 11.8 Å². The number of nitrogens with zero attached hydrogens (tertiary/aromatic N) is 1. The van der Waals surface area contributed by atoms with E-state index in [1.54, 1.807) is 18.2 Å². The number of urea groups is 1. The number of aliphatic imine (C=N–C) groups is 1. The van der Waals surface area contributed by atoms with Crippen LogP contribution < -0.4 is 21.3 Å². The highest BCUT2D eigenvalue weighted by molar-refractivity contribution is 6.45. The molecule has 8 heteroatoms. The van der Waals surface area contributed by atoms with Gasteiger partial charge in [0.2, 0.25) is 0 Å². The molecule has 5 N–H and O–H groups in total. The van der Waals surface area contributed by atoms with Crippen molar-refractivity contribution in [1.29, 1.82) is 0 Å². The first kappa shape index (κ1) is 28.3. The molecule has 0 aromatic heterocycles. The number of aromatic hydroxyl groups is 1. The summed E-state index contributed by atoms with van der Waals surface area (Å²) in [6.07, 6.45) is 4.46. The molecular weight excluding hydrogens is 498 g/mol. The van der Waals surface area contributed by atoms with Crippen LogP contribution in [0.5, 0.6) is 5.75 Å². The smallest absolute Gasteiger partial charge is 0.323 e. The second kappa shape index (κ2) is 13.9. The minimum atomic E-state index is -0.378. The van der Waals surface area contributed by atoms with Crippen LogP contribution in [0, 0.1) is 0 Å². The Balaban J connectivity index is 0.00000127. The van der Waals surface area contributed by atoms with Gasteiger partial charge in [-0.05, 0) is 85.5 Å². The van der Waals surface area contributed by atoms with Gasteiger partial charge in [0.05, 0.1) is 5.03 Å². The molecule has 3 aromatic carbocycles. The molecule has 0 saturated heterocycles. The summed E-state index contributed by atoms with van der Waals surface area (Å²) < 4.78 is 0. The molecule has 198 valence electrons. The molecule has 7 nitrogen and oxygen atoms in total. The lowest BCUT2D eigenvalue weighted by atomic mass is 10.0. The Bertz CT molecular complexity index is 1330. The van der Waals surface area contributed by atoms with Gasteiger partial charge in [-0.1, -0.05) is 56.7 Å². The molecule has 0 unspecified atom stereocenters. The highest BCUT2D eigenvalue weighted by atomic mass is 35.5. The number of carbonyl (C=O) groups excluding carboxylic acids is 1. The highest BCUT2D eigenvalue weighted by Gasteiger charge is 2.13. The van der Waals surface area contributed by atoms with Crippen molar-refractivity contribution < 1.29 is 9.90 Å². The molecule has 38 heavy (non-hydrogen) atoms. The van der Waals surface area contributed by atoms with E-state index in [0.717, 1.165) is 28.9 Å². The number of hydrogen-bond donors (Lipinski definition) is 5. The normalized spacial score (nSPS) is 14.5. The predicted molar refractivity (Wildman–Crippen MR) is 160 cm³/mol. The average molecular weight is 532 g/mol.